The molecule has 1 aliphatic rings. The fraction of sp³-hybridized carbons (Fsp3) is 0.278. The molecule has 2 aromatic heterocycles. The van der Waals surface area contributed by atoms with Crippen LogP contribution in [0.25, 0.3) is 11.5 Å². The number of aryl methyl sites for hydroxylation is 1. The van der Waals surface area contributed by atoms with E-state index in [2.05, 4.69) is 10.1 Å². The Kier molecular flexibility index (Phi) is 3.65. The molecular formula is C18H18N4O2. The van der Waals surface area contributed by atoms with Gasteiger partial charge in [-0.25, -0.2) is 4.98 Å². The van der Waals surface area contributed by atoms with E-state index in [1.165, 1.54) is 0 Å². The van der Waals surface area contributed by atoms with Crippen molar-refractivity contribution in [1.29, 1.82) is 0 Å². The van der Waals surface area contributed by atoms with Gasteiger partial charge in [0, 0.05) is 31.3 Å². The van der Waals surface area contributed by atoms with Crippen LogP contribution in [0.15, 0.2) is 47.0 Å². The normalized spacial score (nSPS) is 13.8. The van der Waals surface area contributed by atoms with E-state index in [4.69, 9.17) is 4.42 Å². The van der Waals surface area contributed by atoms with Crippen LogP contribution in [-0.4, -0.2) is 32.1 Å². The number of benzene rings is 1. The molecule has 0 N–H and O–H groups in total. The van der Waals surface area contributed by atoms with Crippen LogP contribution in [0.1, 0.15) is 28.9 Å². The Labute approximate surface area is 139 Å². The molecule has 1 amide bonds. The second kappa shape index (κ2) is 5.96. The fourth-order valence-electron chi connectivity index (χ4n) is 2.89. The molecule has 0 bridgehead atoms. The van der Waals surface area contributed by atoms with Crippen LogP contribution in [0.3, 0.4) is 0 Å². The minimum Gasteiger partial charge on any atom is -0.441 e. The predicted molar refractivity (Wildman–Crippen MR) is 88.3 cm³/mol. The number of carbonyl (C=O) groups is 1. The summed E-state index contributed by atoms with van der Waals surface area (Å²) in [7, 11) is 0. The van der Waals surface area contributed by atoms with Gasteiger partial charge in [0.25, 0.3) is 5.91 Å². The molecule has 1 aromatic carbocycles. The van der Waals surface area contributed by atoms with Crippen molar-refractivity contribution in [2.45, 2.75) is 26.4 Å². The molecule has 1 aliphatic heterocycles. The van der Waals surface area contributed by atoms with Crippen LogP contribution < -0.4 is 0 Å². The number of rotatable bonds is 3. The van der Waals surface area contributed by atoms with Crippen LogP contribution in [0.5, 0.6) is 0 Å². The first-order valence-electron chi connectivity index (χ1n) is 8.11. The molecule has 0 saturated heterocycles. The Balaban J connectivity index is 1.55. The lowest BCUT2D eigenvalue weighted by Gasteiger charge is -2.24. The highest BCUT2D eigenvalue weighted by molar-refractivity contribution is 5.92. The summed E-state index contributed by atoms with van der Waals surface area (Å²) in [5.41, 5.74) is 2.27. The molecule has 4 rings (SSSR count). The molecule has 3 heterocycles. The van der Waals surface area contributed by atoms with Gasteiger partial charge in [-0.1, -0.05) is 18.2 Å². The zero-order valence-corrected chi connectivity index (χ0v) is 13.5. The highest BCUT2D eigenvalue weighted by atomic mass is 16.4. The SMILES string of the molecule is CCn1ccc(C(=O)N2CCc3oc(-c4ccccc4)nc3C2)n1. The van der Waals surface area contributed by atoms with E-state index in [9.17, 15) is 4.79 Å². The Morgan fingerprint density at radius 2 is 2.08 bits per heavy atom. The number of fused-ring (bicyclic) bond motifs is 1. The van der Waals surface area contributed by atoms with E-state index in [-0.39, 0.29) is 5.91 Å². The first-order chi connectivity index (χ1) is 11.7. The summed E-state index contributed by atoms with van der Waals surface area (Å²) in [6.45, 7) is 3.83. The van der Waals surface area contributed by atoms with Crippen molar-refractivity contribution in [2.75, 3.05) is 6.54 Å². The number of hydrogen-bond acceptors (Lipinski definition) is 4. The lowest BCUT2D eigenvalue weighted by atomic mass is 10.1. The van der Waals surface area contributed by atoms with Crippen molar-refractivity contribution in [3.8, 4) is 11.5 Å². The van der Waals surface area contributed by atoms with Crippen LogP contribution in [0, 0.1) is 0 Å². The lowest BCUT2D eigenvalue weighted by molar-refractivity contribution is 0.0721. The van der Waals surface area contributed by atoms with Crippen molar-refractivity contribution >= 4 is 5.91 Å². The highest BCUT2D eigenvalue weighted by Gasteiger charge is 2.27. The summed E-state index contributed by atoms with van der Waals surface area (Å²) >= 11 is 0. The maximum atomic E-state index is 12.6. The van der Waals surface area contributed by atoms with Gasteiger partial charge in [-0.05, 0) is 25.1 Å². The van der Waals surface area contributed by atoms with Crippen LogP contribution in [0.4, 0.5) is 0 Å². The first kappa shape index (κ1) is 14.7. The van der Waals surface area contributed by atoms with Crippen LogP contribution >= 0.6 is 0 Å². The zero-order valence-electron chi connectivity index (χ0n) is 13.5. The van der Waals surface area contributed by atoms with Crippen molar-refractivity contribution in [3.63, 3.8) is 0 Å². The van der Waals surface area contributed by atoms with Crippen molar-refractivity contribution in [1.82, 2.24) is 19.7 Å². The summed E-state index contributed by atoms with van der Waals surface area (Å²) in [5.74, 6) is 1.43. The quantitative estimate of drug-likeness (QED) is 0.744. The molecule has 0 spiro atoms. The number of oxazole rings is 1. The van der Waals surface area contributed by atoms with Crippen LogP contribution in [-0.2, 0) is 19.5 Å². The molecule has 122 valence electrons. The largest absolute Gasteiger partial charge is 0.441 e. The Hall–Kier alpha value is -2.89. The summed E-state index contributed by atoms with van der Waals surface area (Å²) in [6.07, 6.45) is 2.50. The predicted octanol–water partition coefficient (Wildman–Crippen LogP) is 2.76. The standard InChI is InChI=1S/C18H18N4O2/c1-2-22-11-8-14(20-22)18(23)21-10-9-16-15(12-21)19-17(24-16)13-6-4-3-5-7-13/h3-8,11H,2,9-10,12H2,1H3. The van der Waals surface area contributed by atoms with Crippen molar-refractivity contribution < 1.29 is 9.21 Å². The third-order valence-corrected chi connectivity index (χ3v) is 4.22. The van der Waals surface area contributed by atoms with Gasteiger partial charge in [0.05, 0.1) is 6.54 Å². The first-order valence-corrected chi connectivity index (χ1v) is 8.11. The lowest BCUT2D eigenvalue weighted by Crippen LogP contribution is -2.36. The topological polar surface area (TPSA) is 64.2 Å². The Morgan fingerprint density at radius 1 is 1.25 bits per heavy atom. The highest BCUT2D eigenvalue weighted by Crippen LogP contribution is 2.26. The fourth-order valence-corrected chi connectivity index (χ4v) is 2.89. The molecule has 3 aromatic rings. The van der Waals surface area contributed by atoms with Gasteiger partial charge >= 0.3 is 0 Å². The zero-order chi connectivity index (χ0) is 16.5. The molecule has 24 heavy (non-hydrogen) atoms. The minimum atomic E-state index is -0.0582. The maximum Gasteiger partial charge on any atom is 0.274 e. The summed E-state index contributed by atoms with van der Waals surface area (Å²) in [6, 6.07) is 11.6. The molecule has 0 fully saturated rings. The smallest absolute Gasteiger partial charge is 0.274 e. The number of hydrogen-bond donors (Lipinski definition) is 0. The van der Waals surface area contributed by atoms with Crippen molar-refractivity contribution in [3.05, 3.63) is 59.7 Å². The van der Waals surface area contributed by atoms with E-state index in [0.717, 1.165) is 23.6 Å². The molecule has 0 aliphatic carbocycles. The monoisotopic (exact) mass is 322 g/mol. The Bertz CT molecular complexity index is 866. The summed E-state index contributed by atoms with van der Waals surface area (Å²) < 4.78 is 7.63. The second-order valence-corrected chi connectivity index (χ2v) is 5.79. The molecule has 0 unspecified atom stereocenters. The van der Waals surface area contributed by atoms with E-state index in [1.807, 2.05) is 43.5 Å². The van der Waals surface area contributed by atoms with Crippen molar-refractivity contribution in [2.24, 2.45) is 0 Å². The number of aromatic nitrogens is 3. The molecule has 6 heteroatoms. The summed E-state index contributed by atoms with van der Waals surface area (Å²) in [5, 5.41) is 4.29. The molecule has 0 saturated carbocycles. The minimum absolute atomic E-state index is 0.0582. The number of amides is 1. The van der Waals surface area contributed by atoms with Gasteiger partial charge in [0.15, 0.2) is 0 Å². The van der Waals surface area contributed by atoms with E-state index >= 15 is 0 Å². The van der Waals surface area contributed by atoms with E-state index in [1.54, 1.807) is 15.6 Å². The maximum absolute atomic E-state index is 12.6. The average molecular weight is 322 g/mol. The van der Waals surface area contributed by atoms with Crippen LogP contribution in [0.2, 0.25) is 0 Å². The van der Waals surface area contributed by atoms with Gasteiger partial charge in [0.1, 0.15) is 17.1 Å². The van der Waals surface area contributed by atoms with E-state index < -0.39 is 0 Å². The molecular weight excluding hydrogens is 304 g/mol. The Morgan fingerprint density at radius 3 is 2.83 bits per heavy atom. The molecule has 6 nitrogen and oxygen atoms in total. The molecule has 0 radical (unpaired) electrons. The third-order valence-electron chi connectivity index (χ3n) is 4.22. The second-order valence-electron chi connectivity index (χ2n) is 5.79. The van der Waals surface area contributed by atoms with Gasteiger partial charge in [-0.15, -0.1) is 0 Å². The van der Waals surface area contributed by atoms with Gasteiger partial charge in [-0.2, -0.15) is 5.10 Å². The van der Waals surface area contributed by atoms with Gasteiger partial charge in [-0.3, -0.25) is 9.48 Å². The average Bonchev–Trinajstić information content (AvgIpc) is 3.28. The van der Waals surface area contributed by atoms with Gasteiger partial charge < -0.3 is 9.32 Å². The molecule has 0 atom stereocenters. The third kappa shape index (κ3) is 2.60. The number of carbonyl (C=O) groups excluding carboxylic acids is 1. The number of nitrogens with zero attached hydrogens (tertiary/aromatic N) is 4. The van der Waals surface area contributed by atoms with E-state index in [0.29, 0.717) is 31.1 Å². The van der Waals surface area contributed by atoms with Gasteiger partial charge in [0.2, 0.25) is 5.89 Å². The summed E-state index contributed by atoms with van der Waals surface area (Å²) in [4.78, 5) is 19.0.